The number of morpholine rings is 1. The normalized spacial score (nSPS) is 13.7. The molecule has 2 N–H and O–H groups in total. The van der Waals surface area contributed by atoms with Gasteiger partial charge >= 0.3 is 6.01 Å². The third kappa shape index (κ3) is 4.70. The fourth-order valence-electron chi connectivity index (χ4n) is 2.95. The van der Waals surface area contributed by atoms with Crippen LogP contribution in [-0.4, -0.2) is 76.1 Å². The first-order chi connectivity index (χ1) is 15.4. The zero-order chi connectivity index (χ0) is 22.7. The molecule has 2 aromatic heterocycles. The SMILES string of the molecule is CN(C)C(=O)c1ccc(Oc2nc(-c3cnc(N)nc3)nc(N3CCOCC3)n2)c(F)c1. The number of aromatic nitrogens is 5. The minimum atomic E-state index is -0.719. The predicted octanol–water partition coefficient (Wildman–Crippen LogP) is 1.38. The summed E-state index contributed by atoms with van der Waals surface area (Å²) in [4.78, 5) is 36.4. The maximum absolute atomic E-state index is 14.7. The number of carbonyl (C=O) groups is 1. The van der Waals surface area contributed by atoms with Crippen LogP contribution in [0.5, 0.6) is 11.8 Å². The van der Waals surface area contributed by atoms with E-state index in [2.05, 4.69) is 24.9 Å². The average molecular weight is 440 g/mol. The lowest BCUT2D eigenvalue weighted by atomic mass is 10.2. The van der Waals surface area contributed by atoms with Crippen LogP contribution in [-0.2, 0) is 4.74 Å². The Kier molecular flexibility index (Phi) is 6.03. The van der Waals surface area contributed by atoms with Gasteiger partial charge in [0.1, 0.15) is 0 Å². The maximum atomic E-state index is 14.7. The molecule has 1 aromatic carbocycles. The van der Waals surface area contributed by atoms with Crippen molar-refractivity contribution in [3.05, 3.63) is 42.0 Å². The molecule has 0 bridgehead atoms. The third-order valence-electron chi connectivity index (χ3n) is 4.61. The quantitative estimate of drug-likeness (QED) is 0.620. The van der Waals surface area contributed by atoms with E-state index in [1.54, 1.807) is 14.1 Å². The summed E-state index contributed by atoms with van der Waals surface area (Å²) in [5.74, 6) is -0.457. The lowest BCUT2D eigenvalue weighted by molar-refractivity contribution is 0.0827. The van der Waals surface area contributed by atoms with Gasteiger partial charge in [-0.2, -0.15) is 15.0 Å². The van der Waals surface area contributed by atoms with E-state index in [4.69, 9.17) is 15.2 Å². The molecule has 3 aromatic rings. The van der Waals surface area contributed by atoms with Crippen LogP contribution in [0.3, 0.4) is 0 Å². The molecule has 1 saturated heterocycles. The Bertz CT molecular complexity index is 1120. The summed E-state index contributed by atoms with van der Waals surface area (Å²) < 4.78 is 25.7. The molecule has 1 aliphatic heterocycles. The van der Waals surface area contributed by atoms with Gasteiger partial charge in [-0.05, 0) is 18.2 Å². The average Bonchev–Trinajstić information content (AvgIpc) is 2.80. The van der Waals surface area contributed by atoms with Crippen LogP contribution < -0.4 is 15.4 Å². The van der Waals surface area contributed by atoms with Gasteiger partial charge in [-0.15, -0.1) is 0 Å². The van der Waals surface area contributed by atoms with Crippen molar-refractivity contribution in [2.45, 2.75) is 0 Å². The molecule has 0 radical (unpaired) electrons. The molecule has 0 atom stereocenters. The minimum Gasteiger partial charge on any atom is -0.421 e. The lowest BCUT2D eigenvalue weighted by Crippen LogP contribution is -2.37. The van der Waals surface area contributed by atoms with Gasteiger partial charge in [-0.25, -0.2) is 14.4 Å². The molecule has 0 spiro atoms. The van der Waals surface area contributed by atoms with Crippen molar-refractivity contribution in [3.8, 4) is 23.1 Å². The molecule has 12 heteroatoms. The predicted molar refractivity (Wildman–Crippen MR) is 113 cm³/mol. The van der Waals surface area contributed by atoms with Crippen LogP contribution in [0.2, 0.25) is 0 Å². The zero-order valence-electron chi connectivity index (χ0n) is 17.5. The number of halogens is 1. The van der Waals surface area contributed by atoms with Crippen molar-refractivity contribution in [2.75, 3.05) is 51.0 Å². The zero-order valence-corrected chi connectivity index (χ0v) is 17.5. The highest BCUT2D eigenvalue weighted by Gasteiger charge is 2.20. The molecular weight excluding hydrogens is 419 g/mol. The van der Waals surface area contributed by atoms with Crippen molar-refractivity contribution in [3.63, 3.8) is 0 Å². The van der Waals surface area contributed by atoms with E-state index in [1.807, 2.05) is 4.90 Å². The van der Waals surface area contributed by atoms with Crippen molar-refractivity contribution < 1.29 is 18.7 Å². The van der Waals surface area contributed by atoms with E-state index in [9.17, 15) is 9.18 Å². The van der Waals surface area contributed by atoms with Crippen LogP contribution in [0.1, 0.15) is 10.4 Å². The Balaban J connectivity index is 1.69. The molecular formula is C20H21FN8O3. The Morgan fingerprint density at radius 2 is 1.88 bits per heavy atom. The van der Waals surface area contributed by atoms with Gasteiger partial charge in [0.15, 0.2) is 17.4 Å². The summed E-state index contributed by atoms with van der Waals surface area (Å²) in [6.45, 7) is 2.21. The summed E-state index contributed by atoms with van der Waals surface area (Å²) in [7, 11) is 3.18. The van der Waals surface area contributed by atoms with E-state index in [1.165, 1.54) is 29.4 Å². The van der Waals surface area contributed by atoms with Gasteiger partial charge < -0.3 is 25.0 Å². The van der Waals surface area contributed by atoms with E-state index in [-0.39, 0.29) is 35.0 Å². The monoisotopic (exact) mass is 440 g/mol. The highest BCUT2D eigenvalue weighted by atomic mass is 19.1. The Morgan fingerprint density at radius 1 is 1.16 bits per heavy atom. The molecule has 0 saturated carbocycles. The molecule has 3 heterocycles. The summed E-state index contributed by atoms with van der Waals surface area (Å²) in [6.07, 6.45) is 2.96. The van der Waals surface area contributed by atoms with Crippen LogP contribution in [0.25, 0.3) is 11.4 Å². The molecule has 32 heavy (non-hydrogen) atoms. The number of carbonyl (C=O) groups excluding carboxylic acids is 1. The molecule has 166 valence electrons. The first kappa shape index (κ1) is 21.3. The van der Waals surface area contributed by atoms with Gasteiger partial charge in [-0.3, -0.25) is 4.79 Å². The first-order valence-corrected chi connectivity index (χ1v) is 9.76. The number of benzene rings is 1. The summed E-state index contributed by atoms with van der Waals surface area (Å²) in [5, 5.41) is 0. The number of hydrogen-bond donors (Lipinski definition) is 1. The summed E-state index contributed by atoms with van der Waals surface area (Å²) >= 11 is 0. The van der Waals surface area contributed by atoms with Crippen LogP contribution in [0.4, 0.5) is 16.3 Å². The number of nitrogens with two attached hydrogens (primary N) is 1. The lowest BCUT2D eigenvalue weighted by Gasteiger charge is -2.27. The second-order valence-electron chi connectivity index (χ2n) is 7.12. The molecule has 1 fully saturated rings. The number of amides is 1. The molecule has 1 aliphatic rings. The van der Waals surface area contributed by atoms with Gasteiger partial charge in [0.05, 0.1) is 18.8 Å². The number of nitrogen functional groups attached to an aromatic ring is 1. The van der Waals surface area contributed by atoms with Crippen molar-refractivity contribution in [1.29, 1.82) is 0 Å². The highest BCUT2D eigenvalue weighted by molar-refractivity contribution is 5.94. The van der Waals surface area contributed by atoms with Crippen molar-refractivity contribution in [1.82, 2.24) is 29.8 Å². The van der Waals surface area contributed by atoms with Gasteiger partial charge in [0.25, 0.3) is 5.91 Å². The largest absolute Gasteiger partial charge is 0.421 e. The smallest absolute Gasteiger partial charge is 0.327 e. The number of rotatable bonds is 5. The standard InChI is InChI=1S/C20H21FN8O3/c1-28(2)17(30)12-3-4-15(14(21)9-12)32-20-26-16(13-10-23-18(22)24-11-13)25-19(27-20)29-5-7-31-8-6-29/h3-4,9-11H,5-8H2,1-2H3,(H2,22,23,24). The Hall–Kier alpha value is -3.93. The van der Waals surface area contributed by atoms with E-state index < -0.39 is 5.82 Å². The van der Waals surface area contributed by atoms with Crippen molar-refractivity contribution in [2.24, 2.45) is 0 Å². The third-order valence-corrected chi connectivity index (χ3v) is 4.61. The number of hydrogen-bond acceptors (Lipinski definition) is 10. The number of ether oxygens (including phenoxy) is 2. The van der Waals surface area contributed by atoms with Crippen molar-refractivity contribution >= 4 is 17.8 Å². The van der Waals surface area contributed by atoms with E-state index in [0.717, 1.165) is 6.07 Å². The molecule has 4 rings (SSSR count). The van der Waals surface area contributed by atoms with Crippen LogP contribution in [0.15, 0.2) is 30.6 Å². The maximum Gasteiger partial charge on any atom is 0.327 e. The second kappa shape index (κ2) is 9.06. The van der Waals surface area contributed by atoms with Gasteiger partial charge in [0, 0.05) is 45.1 Å². The second-order valence-corrected chi connectivity index (χ2v) is 7.12. The van der Waals surface area contributed by atoms with Gasteiger partial charge in [-0.1, -0.05) is 0 Å². The first-order valence-electron chi connectivity index (χ1n) is 9.76. The van der Waals surface area contributed by atoms with E-state index >= 15 is 0 Å². The number of nitrogens with zero attached hydrogens (tertiary/aromatic N) is 7. The highest BCUT2D eigenvalue weighted by Crippen LogP contribution is 2.27. The summed E-state index contributed by atoms with van der Waals surface area (Å²) in [5.41, 5.74) is 6.25. The Morgan fingerprint density at radius 3 is 2.53 bits per heavy atom. The topological polar surface area (TPSA) is 132 Å². The molecule has 0 aliphatic carbocycles. The van der Waals surface area contributed by atoms with Gasteiger partial charge in [0.2, 0.25) is 11.9 Å². The minimum absolute atomic E-state index is 0.112. The Labute approximate surface area is 183 Å². The fourth-order valence-corrected chi connectivity index (χ4v) is 2.95. The van der Waals surface area contributed by atoms with E-state index in [0.29, 0.717) is 37.8 Å². The molecule has 0 unspecified atom stereocenters. The molecule has 1 amide bonds. The fraction of sp³-hybridized carbons (Fsp3) is 0.300. The summed E-state index contributed by atoms with van der Waals surface area (Å²) in [6, 6.07) is 3.82. The molecule has 11 nitrogen and oxygen atoms in total. The van der Waals surface area contributed by atoms with Crippen LogP contribution >= 0.6 is 0 Å². The number of anilines is 2. The van der Waals surface area contributed by atoms with Crippen LogP contribution in [0, 0.1) is 5.82 Å².